The molecule has 1 rings (SSSR count). The second-order valence-corrected chi connectivity index (χ2v) is 4.26. The van der Waals surface area contributed by atoms with Crippen LogP contribution in [0.4, 0.5) is 0 Å². The van der Waals surface area contributed by atoms with Crippen LogP contribution in [0.2, 0.25) is 0 Å². The summed E-state index contributed by atoms with van der Waals surface area (Å²) >= 11 is 0. The third kappa shape index (κ3) is 3.65. The van der Waals surface area contributed by atoms with Crippen LogP contribution in [0.15, 0.2) is 0 Å². The van der Waals surface area contributed by atoms with Crippen molar-refractivity contribution in [3.63, 3.8) is 0 Å². The molecule has 15 heavy (non-hydrogen) atoms. The van der Waals surface area contributed by atoms with Gasteiger partial charge in [-0.2, -0.15) is 0 Å². The van der Waals surface area contributed by atoms with Gasteiger partial charge in [0.1, 0.15) is 11.9 Å². The van der Waals surface area contributed by atoms with Gasteiger partial charge in [-0.3, -0.25) is 9.59 Å². The Balaban J connectivity index is 2.41. The number of unbranched alkanes of at least 4 members (excludes halogenated alkanes) is 2. The smallest absolute Gasteiger partial charge is 0.302 e. The van der Waals surface area contributed by atoms with Crippen LogP contribution in [0, 0.1) is 5.92 Å². The number of rotatable bonds is 5. The maximum absolute atomic E-state index is 11.6. The number of carbonyl (C=O) groups is 2. The van der Waals surface area contributed by atoms with Gasteiger partial charge < -0.3 is 4.74 Å². The molecule has 0 radical (unpaired) electrons. The van der Waals surface area contributed by atoms with E-state index in [1.54, 1.807) is 0 Å². The molecule has 0 saturated heterocycles. The van der Waals surface area contributed by atoms with E-state index in [0.717, 1.165) is 32.1 Å². The van der Waals surface area contributed by atoms with Gasteiger partial charge in [-0.1, -0.05) is 26.2 Å². The Morgan fingerprint density at radius 1 is 1.47 bits per heavy atom. The molecule has 0 aromatic carbocycles. The minimum Gasteiger partial charge on any atom is -0.462 e. The molecule has 1 unspecified atom stereocenters. The Morgan fingerprint density at radius 2 is 2.20 bits per heavy atom. The third-order valence-corrected chi connectivity index (χ3v) is 2.97. The molecule has 86 valence electrons. The lowest BCUT2D eigenvalue weighted by molar-refractivity contribution is -0.148. The van der Waals surface area contributed by atoms with E-state index in [4.69, 9.17) is 4.74 Å². The van der Waals surface area contributed by atoms with Crippen LogP contribution in [0.3, 0.4) is 0 Å². The first-order valence-electron chi connectivity index (χ1n) is 5.85. The second kappa shape index (κ2) is 5.89. The summed E-state index contributed by atoms with van der Waals surface area (Å²) in [6.45, 7) is 3.55. The van der Waals surface area contributed by atoms with Crippen molar-refractivity contribution in [2.75, 3.05) is 0 Å². The van der Waals surface area contributed by atoms with Crippen molar-refractivity contribution in [1.29, 1.82) is 0 Å². The number of esters is 1. The minimum absolute atomic E-state index is 0.0274. The van der Waals surface area contributed by atoms with Crippen molar-refractivity contribution >= 4 is 11.8 Å². The van der Waals surface area contributed by atoms with Crippen molar-refractivity contribution in [1.82, 2.24) is 0 Å². The van der Waals surface area contributed by atoms with E-state index in [1.165, 1.54) is 6.92 Å². The molecular formula is C12H20O3. The highest BCUT2D eigenvalue weighted by Gasteiger charge is 2.36. The van der Waals surface area contributed by atoms with Crippen LogP contribution in [0.1, 0.15) is 52.4 Å². The molecule has 0 bridgehead atoms. The van der Waals surface area contributed by atoms with Crippen LogP contribution in [0.25, 0.3) is 0 Å². The van der Waals surface area contributed by atoms with Crippen LogP contribution in [0.5, 0.6) is 0 Å². The van der Waals surface area contributed by atoms with Crippen molar-refractivity contribution in [3.05, 3.63) is 0 Å². The van der Waals surface area contributed by atoms with Gasteiger partial charge in [0, 0.05) is 13.3 Å². The van der Waals surface area contributed by atoms with E-state index in [9.17, 15) is 9.59 Å². The van der Waals surface area contributed by atoms with Crippen LogP contribution in [-0.4, -0.2) is 17.9 Å². The Bertz CT molecular complexity index is 235. The lowest BCUT2D eigenvalue weighted by Gasteiger charge is -2.17. The number of hydrogen-bond acceptors (Lipinski definition) is 3. The molecule has 1 fully saturated rings. The molecule has 1 aliphatic carbocycles. The predicted molar refractivity (Wildman–Crippen MR) is 57.4 cm³/mol. The van der Waals surface area contributed by atoms with Crippen molar-refractivity contribution < 1.29 is 14.3 Å². The van der Waals surface area contributed by atoms with Gasteiger partial charge >= 0.3 is 5.97 Å². The summed E-state index contributed by atoms with van der Waals surface area (Å²) in [5.74, 6) is -0.0204. The van der Waals surface area contributed by atoms with Gasteiger partial charge in [0.25, 0.3) is 0 Å². The average Bonchev–Trinajstić information content (AvgIpc) is 2.49. The Hall–Kier alpha value is -0.860. The van der Waals surface area contributed by atoms with Gasteiger partial charge in [0.2, 0.25) is 0 Å². The molecule has 3 heteroatoms. The number of ketones is 1. The quantitative estimate of drug-likeness (QED) is 0.519. The zero-order valence-corrected chi connectivity index (χ0v) is 9.62. The van der Waals surface area contributed by atoms with E-state index < -0.39 is 0 Å². The predicted octanol–water partition coefficient (Wildman–Crippen LogP) is 2.48. The molecule has 1 aliphatic rings. The lowest BCUT2D eigenvalue weighted by atomic mass is 9.97. The lowest BCUT2D eigenvalue weighted by Crippen LogP contribution is -2.24. The summed E-state index contributed by atoms with van der Waals surface area (Å²) in [5, 5.41) is 0. The maximum Gasteiger partial charge on any atom is 0.302 e. The SMILES string of the molecule is CCCCC[C@H]1C(=O)CCC1OC(C)=O. The van der Waals surface area contributed by atoms with E-state index in [-0.39, 0.29) is 23.8 Å². The highest BCUT2D eigenvalue weighted by atomic mass is 16.5. The molecule has 0 aromatic heterocycles. The topological polar surface area (TPSA) is 43.4 Å². The molecule has 0 N–H and O–H groups in total. The Morgan fingerprint density at radius 3 is 2.80 bits per heavy atom. The first kappa shape index (κ1) is 12.2. The van der Waals surface area contributed by atoms with Gasteiger partial charge in [0.05, 0.1) is 5.92 Å². The molecule has 0 heterocycles. The van der Waals surface area contributed by atoms with E-state index >= 15 is 0 Å². The van der Waals surface area contributed by atoms with Gasteiger partial charge in [0.15, 0.2) is 0 Å². The highest BCUT2D eigenvalue weighted by Crippen LogP contribution is 2.29. The zero-order valence-electron chi connectivity index (χ0n) is 9.62. The molecule has 1 saturated carbocycles. The number of ether oxygens (including phenoxy) is 1. The molecule has 0 spiro atoms. The average molecular weight is 212 g/mol. The molecule has 0 amide bonds. The Kier molecular flexibility index (Phi) is 4.79. The van der Waals surface area contributed by atoms with Crippen molar-refractivity contribution in [3.8, 4) is 0 Å². The highest BCUT2D eigenvalue weighted by molar-refractivity contribution is 5.84. The normalized spacial score (nSPS) is 25.6. The van der Waals surface area contributed by atoms with Crippen LogP contribution < -0.4 is 0 Å². The number of carbonyl (C=O) groups excluding carboxylic acids is 2. The molecule has 0 aromatic rings. The largest absolute Gasteiger partial charge is 0.462 e. The zero-order chi connectivity index (χ0) is 11.3. The Labute approximate surface area is 91.2 Å². The first-order chi connectivity index (χ1) is 7.15. The molecule has 0 aliphatic heterocycles. The minimum atomic E-state index is -0.268. The summed E-state index contributed by atoms with van der Waals surface area (Å²) in [6.07, 6.45) is 5.39. The number of Topliss-reactive ketones (excluding diaryl/α,β-unsaturated/α-hetero) is 1. The summed E-state index contributed by atoms with van der Waals surface area (Å²) in [6, 6.07) is 0. The van der Waals surface area contributed by atoms with Gasteiger partial charge in [-0.05, 0) is 12.8 Å². The standard InChI is InChI=1S/C12H20O3/c1-3-4-5-6-10-11(14)7-8-12(10)15-9(2)13/h10,12H,3-8H2,1-2H3/t10-,12?/m0/s1. The first-order valence-corrected chi connectivity index (χ1v) is 5.85. The fourth-order valence-corrected chi connectivity index (χ4v) is 2.19. The fourth-order valence-electron chi connectivity index (χ4n) is 2.19. The van der Waals surface area contributed by atoms with Crippen LogP contribution in [-0.2, 0) is 14.3 Å². The van der Waals surface area contributed by atoms with Gasteiger partial charge in [-0.25, -0.2) is 0 Å². The summed E-state index contributed by atoms with van der Waals surface area (Å²) in [7, 11) is 0. The van der Waals surface area contributed by atoms with E-state index in [1.807, 2.05) is 0 Å². The summed E-state index contributed by atoms with van der Waals surface area (Å²) in [5.41, 5.74) is 0. The fraction of sp³-hybridized carbons (Fsp3) is 0.833. The second-order valence-electron chi connectivity index (χ2n) is 4.26. The van der Waals surface area contributed by atoms with E-state index in [2.05, 4.69) is 6.92 Å². The molecule has 2 atom stereocenters. The monoisotopic (exact) mass is 212 g/mol. The van der Waals surface area contributed by atoms with Crippen LogP contribution >= 0.6 is 0 Å². The summed E-state index contributed by atoms with van der Waals surface area (Å²) < 4.78 is 5.17. The van der Waals surface area contributed by atoms with Gasteiger partial charge in [-0.15, -0.1) is 0 Å². The maximum atomic E-state index is 11.6. The summed E-state index contributed by atoms with van der Waals surface area (Å²) in [4.78, 5) is 22.4. The van der Waals surface area contributed by atoms with E-state index in [0.29, 0.717) is 6.42 Å². The number of hydrogen-bond donors (Lipinski definition) is 0. The van der Waals surface area contributed by atoms with Crippen molar-refractivity contribution in [2.24, 2.45) is 5.92 Å². The molecule has 3 nitrogen and oxygen atoms in total. The molecular weight excluding hydrogens is 192 g/mol. The van der Waals surface area contributed by atoms with Crippen molar-refractivity contribution in [2.45, 2.75) is 58.5 Å². The third-order valence-electron chi connectivity index (χ3n) is 2.97.